The largest absolute Gasteiger partial charge is 0.481 e. The molecule has 1 aliphatic carbocycles. The molecule has 1 atom stereocenters. The number of aromatic nitrogens is 2. The van der Waals surface area contributed by atoms with E-state index in [1.807, 2.05) is 30.3 Å². The highest BCUT2D eigenvalue weighted by Crippen LogP contribution is 2.30. The molecule has 1 saturated carbocycles. The van der Waals surface area contributed by atoms with Gasteiger partial charge in [-0.2, -0.15) is 0 Å². The minimum Gasteiger partial charge on any atom is -0.481 e. The number of rotatable bonds is 10. The van der Waals surface area contributed by atoms with Gasteiger partial charge in [-0.1, -0.05) is 49.6 Å². The maximum absolute atomic E-state index is 13.2. The van der Waals surface area contributed by atoms with E-state index in [-0.39, 0.29) is 30.8 Å². The number of aliphatic carboxylic acids is 1. The molecule has 0 saturated heterocycles. The second kappa shape index (κ2) is 11.7. The molecule has 3 N–H and O–H groups in total. The van der Waals surface area contributed by atoms with E-state index in [1.54, 1.807) is 29.7 Å². The highest BCUT2D eigenvalue weighted by Gasteiger charge is 2.28. The zero-order valence-electron chi connectivity index (χ0n) is 20.4. The molecule has 1 aromatic carbocycles. The number of fused-ring (bicyclic) bond motifs is 1. The number of imidazole rings is 1. The van der Waals surface area contributed by atoms with Gasteiger partial charge in [-0.3, -0.25) is 18.8 Å². The first-order valence-electron chi connectivity index (χ1n) is 12.5. The van der Waals surface area contributed by atoms with E-state index in [9.17, 15) is 19.5 Å². The van der Waals surface area contributed by atoms with Crippen molar-refractivity contribution < 1.29 is 24.2 Å². The average Bonchev–Trinajstić information content (AvgIpc) is 3.26. The molecule has 1 amide bonds. The molecule has 1 unspecified atom stereocenters. The number of amides is 1. The van der Waals surface area contributed by atoms with Gasteiger partial charge in [0.2, 0.25) is 0 Å². The predicted octanol–water partition coefficient (Wildman–Crippen LogP) is 4.13. The van der Waals surface area contributed by atoms with Crippen LogP contribution < -0.4 is 10.6 Å². The van der Waals surface area contributed by atoms with E-state index >= 15 is 0 Å². The number of carboxylic acids is 1. The van der Waals surface area contributed by atoms with E-state index in [0.717, 1.165) is 37.7 Å². The lowest BCUT2D eigenvalue weighted by Crippen LogP contribution is -2.42. The number of benzene rings is 1. The topological polar surface area (TPSA) is 122 Å². The molecule has 2 aromatic heterocycles. The molecular weight excluding hydrogens is 460 g/mol. The fraction of sp³-hybridized carbons (Fsp3) is 0.407. The summed E-state index contributed by atoms with van der Waals surface area (Å²) in [6.07, 6.45) is 6.74. The fourth-order valence-electron chi connectivity index (χ4n) is 4.83. The average molecular weight is 493 g/mol. The van der Waals surface area contributed by atoms with Gasteiger partial charge in [-0.15, -0.1) is 0 Å². The molecule has 0 bridgehead atoms. The Morgan fingerprint density at radius 1 is 1.14 bits per heavy atom. The molecule has 2 heterocycles. The normalized spacial score (nSPS) is 14.8. The molecule has 1 aliphatic rings. The van der Waals surface area contributed by atoms with Crippen LogP contribution in [-0.4, -0.2) is 51.5 Å². The van der Waals surface area contributed by atoms with Crippen molar-refractivity contribution >= 4 is 29.3 Å². The zero-order chi connectivity index (χ0) is 25.5. The number of nitrogens with one attached hydrogen (secondary N) is 2. The molecule has 3 aromatic rings. The van der Waals surface area contributed by atoms with Crippen molar-refractivity contribution in [3.63, 3.8) is 0 Å². The Bertz CT molecular complexity index is 1220. The van der Waals surface area contributed by atoms with Crippen LogP contribution in [0.3, 0.4) is 0 Å². The van der Waals surface area contributed by atoms with Crippen LogP contribution in [0.15, 0.2) is 48.7 Å². The fourth-order valence-corrected chi connectivity index (χ4v) is 4.83. The number of pyridine rings is 1. The first-order chi connectivity index (χ1) is 17.5. The molecule has 0 aliphatic heterocycles. The molecule has 4 rings (SSSR count). The number of esters is 1. The highest BCUT2D eigenvalue weighted by molar-refractivity contribution is 5.96. The molecule has 0 spiro atoms. The lowest BCUT2D eigenvalue weighted by Gasteiger charge is -2.30. The third-order valence-corrected chi connectivity index (χ3v) is 6.57. The summed E-state index contributed by atoms with van der Waals surface area (Å²) in [5.74, 6) is -0.840. The van der Waals surface area contributed by atoms with Crippen molar-refractivity contribution in [2.45, 2.75) is 51.5 Å². The van der Waals surface area contributed by atoms with Crippen LogP contribution in [0.2, 0.25) is 0 Å². The minimum atomic E-state index is -0.917. The number of nitrogens with zero attached hydrogens (tertiary/aromatic N) is 2. The third kappa shape index (κ3) is 6.02. The van der Waals surface area contributed by atoms with Gasteiger partial charge in [-0.05, 0) is 37.8 Å². The lowest BCUT2D eigenvalue weighted by molar-refractivity contribution is -0.141. The molecular formula is C27H32N4O5. The number of hydrogen-bond acceptors (Lipinski definition) is 6. The summed E-state index contributed by atoms with van der Waals surface area (Å²) in [6.45, 7) is 2.02. The summed E-state index contributed by atoms with van der Waals surface area (Å²) in [5, 5.41) is 15.5. The Balaban J connectivity index is 1.62. The maximum atomic E-state index is 13.2. The first-order valence-corrected chi connectivity index (χ1v) is 12.5. The predicted molar refractivity (Wildman–Crippen MR) is 136 cm³/mol. The summed E-state index contributed by atoms with van der Waals surface area (Å²) in [4.78, 5) is 41.3. The van der Waals surface area contributed by atoms with Crippen LogP contribution in [-0.2, 0) is 14.3 Å². The number of carboxylic acid groups (broad SMARTS) is 1. The van der Waals surface area contributed by atoms with Crippen molar-refractivity contribution in [3.8, 4) is 11.3 Å². The Kier molecular flexibility index (Phi) is 8.20. The number of hydrogen-bond donors (Lipinski definition) is 3. The SMILES string of the molecule is CCOC(=O)CNc1c(-c2ccccc2)nc2cc(C(=O)NC(CC(=O)O)C3CCCCC3)ccn12. The summed E-state index contributed by atoms with van der Waals surface area (Å²) >= 11 is 0. The van der Waals surface area contributed by atoms with E-state index in [4.69, 9.17) is 9.72 Å². The summed E-state index contributed by atoms with van der Waals surface area (Å²) in [5.41, 5.74) is 2.43. The Hall–Kier alpha value is -3.88. The highest BCUT2D eigenvalue weighted by atomic mass is 16.5. The van der Waals surface area contributed by atoms with Crippen molar-refractivity contribution in [2.24, 2.45) is 5.92 Å². The van der Waals surface area contributed by atoms with Crippen molar-refractivity contribution in [1.82, 2.24) is 14.7 Å². The monoisotopic (exact) mass is 492 g/mol. The Labute approximate surface area is 209 Å². The molecule has 9 heteroatoms. The Morgan fingerprint density at radius 2 is 1.89 bits per heavy atom. The van der Waals surface area contributed by atoms with E-state index in [1.165, 1.54) is 0 Å². The summed E-state index contributed by atoms with van der Waals surface area (Å²) in [6, 6.07) is 12.5. The molecule has 9 nitrogen and oxygen atoms in total. The zero-order valence-corrected chi connectivity index (χ0v) is 20.4. The van der Waals surface area contributed by atoms with Gasteiger partial charge >= 0.3 is 11.9 Å². The smallest absolute Gasteiger partial charge is 0.325 e. The maximum Gasteiger partial charge on any atom is 0.325 e. The van der Waals surface area contributed by atoms with E-state index < -0.39 is 12.0 Å². The summed E-state index contributed by atoms with van der Waals surface area (Å²) in [7, 11) is 0. The van der Waals surface area contributed by atoms with Gasteiger partial charge in [-0.25, -0.2) is 4.98 Å². The van der Waals surface area contributed by atoms with Crippen molar-refractivity contribution in [1.29, 1.82) is 0 Å². The molecule has 0 radical (unpaired) electrons. The first kappa shape index (κ1) is 25.2. The number of carbonyl (C=O) groups excluding carboxylic acids is 2. The molecule has 1 fully saturated rings. The van der Waals surface area contributed by atoms with Crippen LogP contribution in [0, 0.1) is 5.92 Å². The second-order valence-corrected chi connectivity index (χ2v) is 9.05. The summed E-state index contributed by atoms with van der Waals surface area (Å²) < 4.78 is 6.82. The number of carbonyl (C=O) groups is 3. The quantitative estimate of drug-likeness (QED) is 0.364. The minimum absolute atomic E-state index is 0.0258. The third-order valence-electron chi connectivity index (χ3n) is 6.57. The molecule has 36 heavy (non-hydrogen) atoms. The van der Waals surface area contributed by atoms with Gasteiger partial charge in [0, 0.05) is 23.4 Å². The van der Waals surface area contributed by atoms with Crippen LogP contribution in [0.4, 0.5) is 5.82 Å². The van der Waals surface area contributed by atoms with E-state index in [2.05, 4.69) is 10.6 Å². The van der Waals surface area contributed by atoms with Crippen molar-refractivity contribution in [2.75, 3.05) is 18.5 Å². The second-order valence-electron chi connectivity index (χ2n) is 9.05. The van der Waals surface area contributed by atoms with E-state index in [0.29, 0.717) is 29.3 Å². The van der Waals surface area contributed by atoms with Crippen LogP contribution in [0.25, 0.3) is 16.9 Å². The van der Waals surface area contributed by atoms with Crippen LogP contribution >= 0.6 is 0 Å². The lowest BCUT2D eigenvalue weighted by atomic mass is 9.82. The van der Waals surface area contributed by atoms with Gasteiger partial charge in [0.25, 0.3) is 5.91 Å². The molecule has 190 valence electrons. The number of anilines is 1. The standard InChI is InChI=1S/C27H32N4O5/c1-2-36-24(34)17-28-26-25(19-11-7-4-8-12-19)30-22-15-20(13-14-31(22)26)27(35)29-21(16-23(32)33)18-9-5-3-6-10-18/h4,7-8,11-15,18,21,28H,2-3,5-6,9-10,16-17H2,1H3,(H,29,35)(H,32,33). The van der Waals surface area contributed by atoms with Crippen LogP contribution in [0.1, 0.15) is 55.8 Å². The van der Waals surface area contributed by atoms with Crippen molar-refractivity contribution in [3.05, 3.63) is 54.2 Å². The van der Waals surface area contributed by atoms with Gasteiger partial charge in [0.1, 0.15) is 23.7 Å². The van der Waals surface area contributed by atoms with Gasteiger partial charge in [0.05, 0.1) is 13.0 Å². The van der Waals surface area contributed by atoms with Gasteiger partial charge < -0.3 is 20.5 Å². The Morgan fingerprint density at radius 3 is 2.58 bits per heavy atom. The number of ether oxygens (including phenoxy) is 1. The van der Waals surface area contributed by atoms with Crippen LogP contribution in [0.5, 0.6) is 0 Å². The van der Waals surface area contributed by atoms with Gasteiger partial charge in [0.15, 0.2) is 0 Å².